The van der Waals surface area contributed by atoms with Gasteiger partial charge in [-0.2, -0.15) is 0 Å². The molecule has 1 fully saturated rings. The first-order chi connectivity index (χ1) is 13.2. The van der Waals surface area contributed by atoms with Gasteiger partial charge in [-0.1, -0.05) is 19.9 Å². The molecule has 0 aliphatic carbocycles. The van der Waals surface area contributed by atoms with Crippen molar-refractivity contribution in [1.29, 1.82) is 0 Å². The Balaban J connectivity index is 0.00000392. The van der Waals surface area contributed by atoms with Gasteiger partial charge in [-0.3, -0.25) is 9.89 Å². The van der Waals surface area contributed by atoms with Gasteiger partial charge < -0.3 is 20.1 Å². The minimum Gasteiger partial charge on any atom is -0.380 e. The molecule has 1 unspecified atom stereocenters. The van der Waals surface area contributed by atoms with Gasteiger partial charge in [0.15, 0.2) is 5.96 Å². The Morgan fingerprint density at radius 2 is 2.07 bits per heavy atom. The number of rotatable bonds is 11. The third kappa shape index (κ3) is 9.87. The van der Waals surface area contributed by atoms with Crippen molar-refractivity contribution in [2.45, 2.75) is 33.2 Å². The van der Waals surface area contributed by atoms with E-state index in [0.717, 1.165) is 64.9 Å². The molecule has 1 aromatic rings. The number of hydrogen-bond acceptors (Lipinski definition) is 5. The van der Waals surface area contributed by atoms with Gasteiger partial charge in [0.1, 0.15) is 0 Å². The second-order valence-electron chi connectivity index (χ2n) is 7.12. The number of halogens is 1. The molecule has 28 heavy (non-hydrogen) atoms. The molecule has 0 radical (unpaired) electrons. The van der Waals surface area contributed by atoms with Gasteiger partial charge in [0.05, 0.1) is 32.4 Å². The van der Waals surface area contributed by atoms with Gasteiger partial charge in [0.2, 0.25) is 0 Å². The highest BCUT2D eigenvalue weighted by molar-refractivity contribution is 14.0. The predicted octanol–water partition coefficient (Wildman–Crippen LogP) is 3.36. The molecular weight excluding hydrogens is 487 g/mol. The van der Waals surface area contributed by atoms with Crippen LogP contribution in [0.2, 0.25) is 0 Å². The van der Waals surface area contributed by atoms with Crippen LogP contribution in [-0.4, -0.2) is 70.0 Å². The first-order valence-electron chi connectivity index (χ1n) is 10.2. The molecule has 8 heteroatoms. The standard InChI is InChI=1S/C20H36N4O2S.HI/c1-4-21-20(22-8-12-25-11-7-17(2)3)23-16-18(19-6-5-15-27-19)24-9-13-26-14-10-24;/h5-6,15,17-18H,4,7-14,16H2,1-3H3,(H2,21,22,23);1H. The van der Waals surface area contributed by atoms with Crippen LogP contribution in [-0.2, 0) is 9.47 Å². The fourth-order valence-electron chi connectivity index (χ4n) is 2.94. The van der Waals surface area contributed by atoms with Gasteiger partial charge >= 0.3 is 0 Å². The third-order valence-electron chi connectivity index (χ3n) is 4.50. The van der Waals surface area contributed by atoms with Crippen molar-refractivity contribution in [3.05, 3.63) is 22.4 Å². The van der Waals surface area contributed by atoms with E-state index in [4.69, 9.17) is 14.5 Å². The fraction of sp³-hybridized carbons (Fsp3) is 0.750. The minimum absolute atomic E-state index is 0. The molecule has 1 aliphatic rings. The van der Waals surface area contributed by atoms with E-state index < -0.39 is 0 Å². The molecule has 2 rings (SSSR count). The summed E-state index contributed by atoms with van der Waals surface area (Å²) in [6, 6.07) is 4.64. The largest absolute Gasteiger partial charge is 0.380 e. The Bertz CT molecular complexity index is 522. The average molecular weight is 525 g/mol. The lowest BCUT2D eigenvalue weighted by Crippen LogP contribution is -2.42. The molecule has 0 amide bonds. The van der Waals surface area contributed by atoms with E-state index in [2.05, 4.69) is 53.8 Å². The molecular formula is C20H37IN4O2S. The lowest BCUT2D eigenvalue weighted by atomic mass is 10.1. The van der Waals surface area contributed by atoms with Crippen LogP contribution < -0.4 is 10.6 Å². The molecule has 1 aliphatic heterocycles. The number of guanidine groups is 1. The maximum absolute atomic E-state index is 5.69. The zero-order chi connectivity index (χ0) is 19.3. The Hall–Kier alpha value is -0.420. The van der Waals surface area contributed by atoms with Gasteiger partial charge in [-0.15, -0.1) is 35.3 Å². The molecule has 2 N–H and O–H groups in total. The molecule has 6 nitrogen and oxygen atoms in total. The van der Waals surface area contributed by atoms with Crippen LogP contribution in [0.5, 0.6) is 0 Å². The number of aliphatic imine (C=N–C) groups is 1. The summed E-state index contributed by atoms with van der Waals surface area (Å²) in [4.78, 5) is 8.71. The topological polar surface area (TPSA) is 58.1 Å². The van der Waals surface area contributed by atoms with E-state index in [1.54, 1.807) is 11.3 Å². The smallest absolute Gasteiger partial charge is 0.191 e. The molecule has 162 valence electrons. The van der Waals surface area contributed by atoms with Gasteiger partial charge in [-0.05, 0) is 30.7 Å². The van der Waals surface area contributed by atoms with Crippen LogP contribution in [0.1, 0.15) is 38.1 Å². The van der Waals surface area contributed by atoms with Crippen molar-refractivity contribution in [2.24, 2.45) is 10.9 Å². The molecule has 0 saturated carbocycles. The highest BCUT2D eigenvalue weighted by Crippen LogP contribution is 2.26. The maximum atomic E-state index is 5.69. The number of nitrogens with zero attached hydrogens (tertiary/aromatic N) is 2. The first-order valence-corrected chi connectivity index (χ1v) is 11.0. The van der Waals surface area contributed by atoms with Crippen molar-refractivity contribution < 1.29 is 9.47 Å². The quantitative estimate of drug-likeness (QED) is 0.201. The van der Waals surface area contributed by atoms with Gasteiger partial charge in [0.25, 0.3) is 0 Å². The van der Waals surface area contributed by atoms with Crippen LogP contribution in [0, 0.1) is 5.92 Å². The Morgan fingerprint density at radius 1 is 1.29 bits per heavy atom. The zero-order valence-corrected chi connectivity index (χ0v) is 20.6. The summed E-state index contributed by atoms with van der Waals surface area (Å²) < 4.78 is 11.2. The number of thiophene rings is 1. The zero-order valence-electron chi connectivity index (χ0n) is 17.5. The molecule has 2 heterocycles. The Morgan fingerprint density at radius 3 is 2.71 bits per heavy atom. The number of hydrogen-bond donors (Lipinski definition) is 2. The summed E-state index contributed by atoms with van der Waals surface area (Å²) in [5.41, 5.74) is 0. The SMILES string of the molecule is CCNC(=NCC(c1cccs1)N1CCOCC1)NCCOCCC(C)C.I. The molecule has 0 spiro atoms. The van der Waals surface area contributed by atoms with Crippen LogP contribution in [0.4, 0.5) is 0 Å². The average Bonchev–Trinajstić information content (AvgIpc) is 3.19. The second kappa shape index (κ2) is 15.4. The molecule has 1 saturated heterocycles. The third-order valence-corrected chi connectivity index (χ3v) is 5.48. The van der Waals surface area contributed by atoms with Crippen molar-refractivity contribution in [1.82, 2.24) is 15.5 Å². The number of morpholine rings is 1. The summed E-state index contributed by atoms with van der Waals surface area (Å²) in [6.45, 7) is 13.9. The summed E-state index contributed by atoms with van der Waals surface area (Å²) in [5.74, 6) is 1.55. The minimum atomic E-state index is 0. The summed E-state index contributed by atoms with van der Waals surface area (Å²) in [5, 5.41) is 8.87. The van der Waals surface area contributed by atoms with Gasteiger partial charge in [-0.25, -0.2) is 0 Å². The number of nitrogens with one attached hydrogen (secondary N) is 2. The summed E-state index contributed by atoms with van der Waals surface area (Å²) >= 11 is 1.81. The summed E-state index contributed by atoms with van der Waals surface area (Å²) in [7, 11) is 0. The highest BCUT2D eigenvalue weighted by Gasteiger charge is 2.23. The Labute approximate surface area is 191 Å². The van der Waals surface area contributed by atoms with Crippen LogP contribution in [0.3, 0.4) is 0 Å². The Kier molecular flexibility index (Phi) is 14.1. The number of ether oxygens (including phenoxy) is 2. The van der Waals surface area contributed by atoms with E-state index in [1.807, 2.05) is 0 Å². The molecule has 0 bridgehead atoms. The normalized spacial score (nSPS) is 16.6. The van der Waals surface area contributed by atoms with Gasteiger partial charge in [0, 0.05) is 37.7 Å². The maximum Gasteiger partial charge on any atom is 0.191 e. The van der Waals surface area contributed by atoms with E-state index in [-0.39, 0.29) is 24.0 Å². The second-order valence-corrected chi connectivity index (χ2v) is 8.10. The van der Waals surface area contributed by atoms with Crippen LogP contribution in [0.15, 0.2) is 22.5 Å². The molecule has 1 aromatic heterocycles. The van der Waals surface area contributed by atoms with Crippen molar-refractivity contribution in [3.63, 3.8) is 0 Å². The van der Waals surface area contributed by atoms with Crippen molar-refractivity contribution >= 4 is 41.3 Å². The predicted molar refractivity (Wildman–Crippen MR) is 129 cm³/mol. The van der Waals surface area contributed by atoms with E-state index in [1.165, 1.54) is 4.88 Å². The molecule has 0 aromatic carbocycles. The lowest BCUT2D eigenvalue weighted by Gasteiger charge is -2.33. The van der Waals surface area contributed by atoms with Crippen molar-refractivity contribution in [3.8, 4) is 0 Å². The highest BCUT2D eigenvalue weighted by atomic mass is 127. The van der Waals surface area contributed by atoms with E-state index in [0.29, 0.717) is 18.6 Å². The van der Waals surface area contributed by atoms with E-state index >= 15 is 0 Å². The van der Waals surface area contributed by atoms with Crippen molar-refractivity contribution in [2.75, 3.05) is 59.2 Å². The van der Waals surface area contributed by atoms with E-state index in [9.17, 15) is 0 Å². The monoisotopic (exact) mass is 524 g/mol. The lowest BCUT2D eigenvalue weighted by molar-refractivity contribution is 0.0186. The first kappa shape index (κ1) is 25.6. The molecule has 1 atom stereocenters. The van der Waals surface area contributed by atoms with Crippen LogP contribution >= 0.6 is 35.3 Å². The fourth-order valence-corrected chi connectivity index (χ4v) is 3.79. The van der Waals surface area contributed by atoms with Crippen LogP contribution in [0.25, 0.3) is 0 Å². The summed E-state index contributed by atoms with van der Waals surface area (Å²) in [6.07, 6.45) is 1.11.